The van der Waals surface area contributed by atoms with E-state index in [-0.39, 0.29) is 12.5 Å². The molecule has 2 unspecified atom stereocenters. The first-order valence-corrected chi connectivity index (χ1v) is 10.1. The Hall–Kier alpha value is -1.59. The summed E-state index contributed by atoms with van der Waals surface area (Å²) in [5.74, 6) is 0.890. The maximum Gasteiger partial charge on any atom is 0.190 e. The Bertz CT molecular complexity index is 520. The number of nitrogens with zero attached hydrogens (tertiary/aromatic N) is 2. The lowest BCUT2D eigenvalue weighted by atomic mass is 10.0. The molecule has 0 aliphatic carbocycles. The first-order chi connectivity index (χ1) is 12.7. The van der Waals surface area contributed by atoms with Crippen LogP contribution in [0.25, 0.3) is 0 Å². The molecule has 1 aliphatic rings. The maximum atomic E-state index is 9.65. The summed E-state index contributed by atoms with van der Waals surface area (Å²) in [6.07, 6.45) is 6.46. The Morgan fingerprint density at radius 2 is 2.04 bits per heavy atom. The van der Waals surface area contributed by atoms with E-state index in [9.17, 15) is 5.11 Å². The zero-order valence-corrected chi connectivity index (χ0v) is 16.5. The first-order valence-electron chi connectivity index (χ1n) is 10.1. The molecule has 146 valence electrons. The van der Waals surface area contributed by atoms with Crippen LogP contribution in [0, 0.1) is 0 Å². The van der Waals surface area contributed by atoms with Crippen molar-refractivity contribution >= 4 is 5.96 Å². The third-order valence-electron chi connectivity index (χ3n) is 5.34. The Morgan fingerprint density at radius 3 is 2.73 bits per heavy atom. The van der Waals surface area contributed by atoms with E-state index in [1.807, 2.05) is 18.2 Å². The Morgan fingerprint density at radius 1 is 1.23 bits per heavy atom. The molecule has 0 bridgehead atoms. The second kappa shape index (κ2) is 11.9. The normalized spacial score (nSPS) is 20.0. The van der Waals surface area contributed by atoms with Gasteiger partial charge in [0.05, 0.1) is 6.61 Å². The zero-order valence-electron chi connectivity index (χ0n) is 16.5. The van der Waals surface area contributed by atoms with Gasteiger partial charge in [-0.15, -0.1) is 0 Å². The van der Waals surface area contributed by atoms with Crippen molar-refractivity contribution in [3.05, 3.63) is 35.9 Å². The lowest BCUT2D eigenvalue weighted by Crippen LogP contribution is -2.41. The number of unbranched alkanes of at least 4 members (excludes halogenated alkanes) is 1. The molecule has 5 heteroatoms. The lowest BCUT2D eigenvalue weighted by molar-refractivity contribution is 0.158. The van der Waals surface area contributed by atoms with Gasteiger partial charge in [-0.3, -0.25) is 4.99 Å². The number of aliphatic imine (C=N–C) groups is 1. The molecule has 3 N–H and O–H groups in total. The van der Waals surface area contributed by atoms with Crippen LogP contribution in [0.4, 0.5) is 0 Å². The minimum atomic E-state index is 0.0790. The van der Waals surface area contributed by atoms with Crippen LogP contribution in [0.15, 0.2) is 35.3 Å². The minimum Gasteiger partial charge on any atom is -0.396 e. The second-order valence-electron chi connectivity index (χ2n) is 7.26. The summed E-state index contributed by atoms with van der Waals surface area (Å²) in [5, 5.41) is 16.4. The van der Waals surface area contributed by atoms with Crippen molar-refractivity contribution in [1.29, 1.82) is 0 Å². The fraction of sp³-hybridized carbons (Fsp3) is 0.667. The molecule has 1 aromatic rings. The van der Waals surface area contributed by atoms with Gasteiger partial charge >= 0.3 is 0 Å². The van der Waals surface area contributed by atoms with E-state index >= 15 is 0 Å². The highest BCUT2D eigenvalue weighted by molar-refractivity contribution is 5.79. The van der Waals surface area contributed by atoms with Crippen molar-refractivity contribution in [3.8, 4) is 0 Å². The minimum absolute atomic E-state index is 0.0790. The number of aliphatic hydroxyl groups is 1. The molecule has 1 aromatic carbocycles. The number of likely N-dealkylation sites (tertiary alicyclic amines) is 1. The second-order valence-corrected chi connectivity index (χ2v) is 7.26. The summed E-state index contributed by atoms with van der Waals surface area (Å²) in [7, 11) is 1.79. The highest BCUT2D eigenvalue weighted by Crippen LogP contribution is 2.16. The SMILES string of the molecule is CN=C(NCCCCN1CCCCC1C)NCC(CO)c1ccccc1. The van der Waals surface area contributed by atoms with Crippen LogP contribution < -0.4 is 10.6 Å². The van der Waals surface area contributed by atoms with Crippen LogP contribution in [0.3, 0.4) is 0 Å². The number of hydrogen-bond donors (Lipinski definition) is 3. The number of benzene rings is 1. The zero-order chi connectivity index (χ0) is 18.6. The molecule has 0 aromatic heterocycles. The standard InChI is InChI=1S/C21H36N4O/c1-18-10-6-8-14-25(18)15-9-7-13-23-21(22-2)24-16-20(17-26)19-11-4-3-5-12-19/h3-5,11-12,18,20,26H,6-10,13-17H2,1-2H3,(H2,22,23,24). The van der Waals surface area contributed by atoms with Gasteiger partial charge in [0.1, 0.15) is 0 Å². The largest absolute Gasteiger partial charge is 0.396 e. The van der Waals surface area contributed by atoms with Gasteiger partial charge in [-0.05, 0) is 51.3 Å². The average molecular weight is 361 g/mol. The van der Waals surface area contributed by atoms with Crippen LogP contribution in [0.5, 0.6) is 0 Å². The molecule has 0 radical (unpaired) electrons. The number of piperidine rings is 1. The number of guanidine groups is 1. The molecule has 26 heavy (non-hydrogen) atoms. The van der Waals surface area contributed by atoms with Crippen LogP contribution in [-0.4, -0.2) is 61.8 Å². The summed E-state index contributed by atoms with van der Waals surface area (Å²) >= 11 is 0. The van der Waals surface area contributed by atoms with Crippen molar-refractivity contribution < 1.29 is 5.11 Å². The van der Waals surface area contributed by atoms with Crippen molar-refractivity contribution in [2.75, 3.05) is 39.8 Å². The fourth-order valence-electron chi connectivity index (χ4n) is 3.59. The van der Waals surface area contributed by atoms with E-state index in [1.54, 1.807) is 7.05 Å². The van der Waals surface area contributed by atoms with Gasteiger partial charge in [0, 0.05) is 32.1 Å². The Balaban J connectivity index is 1.63. The van der Waals surface area contributed by atoms with Crippen molar-refractivity contribution in [2.24, 2.45) is 4.99 Å². The van der Waals surface area contributed by atoms with Crippen LogP contribution in [0.2, 0.25) is 0 Å². The predicted molar refractivity (Wildman–Crippen MR) is 110 cm³/mol. The molecule has 0 saturated carbocycles. The van der Waals surface area contributed by atoms with E-state index in [2.05, 4.69) is 39.6 Å². The fourth-order valence-corrected chi connectivity index (χ4v) is 3.59. The molecule has 0 amide bonds. The van der Waals surface area contributed by atoms with Gasteiger partial charge in [0.25, 0.3) is 0 Å². The Kier molecular flexibility index (Phi) is 9.50. The first kappa shape index (κ1) is 20.7. The highest BCUT2D eigenvalue weighted by Gasteiger charge is 2.17. The van der Waals surface area contributed by atoms with Gasteiger partial charge in [0.2, 0.25) is 0 Å². The third-order valence-corrected chi connectivity index (χ3v) is 5.34. The van der Waals surface area contributed by atoms with Gasteiger partial charge in [0.15, 0.2) is 5.96 Å². The summed E-state index contributed by atoms with van der Waals surface area (Å²) in [5.41, 5.74) is 1.15. The van der Waals surface area contributed by atoms with Crippen molar-refractivity contribution in [2.45, 2.75) is 51.0 Å². The number of aliphatic hydroxyl groups excluding tert-OH is 1. The molecule has 2 rings (SSSR count). The van der Waals surface area contributed by atoms with Gasteiger partial charge in [-0.2, -0.15) is 0 Å². The molecule has 2 atom stereocenters. The van der Waals surface area contributed by atoms with Crippen LogP contribution >= 0.6 is 0 Å². The highest BCUT2D eigenvalue weighted by atomic mass is 16.3. The summed E-state index contributed by atoms with van der Waals surface area (Å²) < 4.78 is 0. The molecule has 1 aliphatic heterocycles. The number of nitrogens with one attached hydrogen (secondary N) is 2. The van der Waals surface area contributed by atoms with Crippen LogP contribution in [0.1, 0.15) is 50.5 Å². The quantitative estimate of drug-likeness (QED) is 0.360. The molecule has 1 fully saturated rings. The topological polar surface area (TPSA) is 59.9 Å². The summed E-state index contributed by atoms with van der Waals surface area (Å²) in [4.78, 5) is 6.92. The smallest absolute Gasteiger partial charge is 0.190 e. The van der Waals surface area contributed by atoms with E-state index < -0.39 is 0 Å². The molecule has 1 heterocycles. The predicted octanol–water partition coefficient (Wildman–Crippen LogP) is 2.58. The van der Waals surface area contributed by atoms with Crippen molar-refractivity contribution in [3.63, 3.8) is 0 Å². The van der Waals surface area contributed by atoms with Gasteiger partial charge in [-0.25, -0.2) is 0 Å². The third kappa shape index (κ3) is 6.96. The molecule has 5 nitrogen and oxygen atoms in total. The van der Waals surface area contributed by atoms with E-state index in [1.165, 1.54) is 38.8 Å². The van der Waals surface area contributed by atoms with Gasteiger partial charge < -0.3 is 20.6 Å². The number of hydrogen-bond acceptors (Lipinski definition) is 3. The average Bonchev–Trinajstić information content (AvgIpc) is 2.68. The number of rotatable bonds is 9. The van der Waals surface area contributed by atoms with Crippen molar-refractivity contribution in [1.82, 2.24) is 15.5 Å². The summed E-state index contributed by atoms with van der Waals surface area (Å²) in [6.45, 7) is 6.55. The van der Waals surface area contributed by atoms with Crippen LogP contribution in [-0.2, 0) is 0 Å². The van der Waals surface area contributed by atoms with E-state index in [4.69, 9.17) is 0 Å². The monoisotopic (exact) mass is 360 g/mol. The molecule has 1 saturated heterocycles. The van der Waals surface area contributed by atoms with E-state index in [0.29, 0.717) is 6.54 Å². The molecule has 0 spiro atoms. The molecular weight excluding hydrogens is 324 g/mol. The molecular formula is C21H36N4O. The summed E-state index contributed by atoms with van der Waals surface area (Å²) in [6, 6.07) is 10.9. The van der Waals surface area contributed by atoms with E-state index in [0.717, 1.165) is 30.5 Å². The lowest BCUT2D eigenvalue weighted by Gasteiger charge is -2.33. The maximum absolute atomic E-state index is 9.65. The Labute approximate surface area is 158 Å². The van der Waals surface area contributed by atoms with Gasteiger partial charge in [-0.1, -0.05) is 36.8 Å².